The van der Waals surface area contributed by atoms with Crippen molar-refractivity contribution in [1.82, 2.24) is 5.32 Å². The monoisotopic (exact) mass is 261 g/mol. The molecule has 1 aliphatic rings. The average molecular weight is 261 g/mol. The smallest absolute Gasteiger partial charge is 0.246 e. The van der Waals surface area contributed by atoms with Crippen LogP contribution in [-0.4, -0.2) is 25.7 Å². The Hall–Kier alpha value is -1.81. The third-order valence-corrected chi connectivity index (χ3v) is 2.99. The van der Waals surface area contributed by atoms with Crippen LogP contribution < -0.4 is 10.1 Å². The summed E-state index contributed by atoms with van der Waals surface area (Å²) < 4.78 is 10.8. The van der Waals surface area contributed by atoms with Crippen molar-refractivity contribution in [2.45, 2.75) is 18.9 Å². The van der Waals surface area contributed by atoms with Gasteiger partial charge in [-0.25, -0.2) is 0 Å². The summed E-state index contributed by atoms with van der Waals surface area (Å²) in [6.07, 6.45) is 3.31. The van der Waals surface area contributed by atoms with Crippen LogP contribution in [0.2, 0.25) is 0 Å². The number of rotatable bonds is 6. The van der Waals surface area contributed by atoms with Gasteiger partial charge < -0.3 is 14.8 Å². The van der Waals surface area contributed by atoms with Crippen LogP contribution in [-0.2, 0) is 9.53 Å². The summed E-state index contributed by atoms with van der Waals surface area (Å²) in [5, 5.41) is 2.98. The zero-order valence-electron chi connectivity index (χ0n) is 10.9. The van der Waals surface area contributed by atoms with Crippen LogP contribution in [0.25, 0.3) is 0 Å². The van der Waals surface area contributed by atoms with Gasteiger partial charge in [0.2, 0.25) is 5.91 Å². The summed E-state index contributed by atoms with van der Waals surface area (Å²) in [6.45, 7) is 4.85. The summed E-state index contributed by atoms with van der Waals surface area (Å²) in [4.78, 5) is 11.8. The highest BCUT2D eigenvalue weighted by Crippen LogP contribution is 2.31. The summed E-state index contributed by atoms with van der Waals surface area (Å²) in [5.41, 5.74) is 1.04. The highest BCUT2D eigenvalue weighted by molar-refractivity contribution is 5.77. The normalized spacial score (nSPS) is 17.2. The van der Waals surface area contributed by atoms with Gasteiger partial charge in [-0.05, 0) is 12.5 Å². The van der Waals surface area contributed by atoms with Gasteiger partial charge in [-0.15, -0.1) is 6.58 Å². The predicted molar refractivity (Wildman–Crippen MR) is 73.1 cm³/mol. The van der Waals surface area contributed by atoms with Crippen molar-refractivity contribution < 1.29 is 14.3 Å². The average Bonchev–Trinajstić information content (AvgIpc) is 2.44. The Bertz CT molecular complexity index is 445. The Kier molecular flexibility index (Phi) is 4.98. The van der Waals surface area contributed by atoms with Crippen LogP contribution in [0.4, 0.5) is 0 Å². The van der Waals surface area contributed by atoms with Gasteiger partial charge in [0.05, 0.1) is 19.3 Å². The molecule has 102 valence electrons. The SMILES string of the molecule is C=CCCOCC(=O)N[C@@H]1CCOc2ccccc21. The van der Waals surface area contributed by atoms with Gasteiger partial charge in [-0.2, -0.15) is 0 Å². The number of para-hydroxylation sites is 1. The van der Waals surface area contributed by atoms with Gasteiger partial charge in [0.25, 0.3) is 0 Å². The lowest BCUT2D eigenvalue weighted by atomic mass is 10.0. The largest absolute Gasteiger partial charge is 0.493 e. The topological polar surface area (TPSA) is 47.6 Å². The first-order chi connectivity index (χ1) is 9.31. The van der Waals surface area contributed by atoms with E-state index in [9.17, 15) is 4.79 Å². The van der Waals surface area contributed by atoms with Crippen molar-refractivity contribution in [1.29, 1.82) is 0 Å². The second-order valence-electron chi connectivity index (χ2n) is 4.42. The lowest BCUT2D eigenvalue weighted by Crippen LogP contribution is -2.34. The fourth-order valence-corrected chi connectivity index (χ4v) is 2.06. The van der Waals surface area contributed by atoms with Crippen molar-refractivity contribution in [3.05, 3.63) is 42.5 Å². The molecule has 0 unspecified atom stereocenters. The van der Waals surface area contributed by atoms with Crippen molar-refractivity contribution >= 4 is 5.91 Å². The molecule has 1 aromatic rings. The van der Waals surface area contributed by atoms with Crippen LogP contribution in [0.1, 0.15) is 24.4 Å². The van der Waals surface area contributed by atoms with Gasteiger partial charge in [0.1, 0.15) is 12.4 Å². The number of amides is 1. The number of fused-ring (bicyclic) bond motifs is 1. The number of hydrogen-bond donors (Lipinski definition) is 1. The Morgan fingerprint density at radius 2 is 2.37 bits per heavy atom. The minimum atomic E-state index is -0.0919. The molecule has 2 rings (SSSR count). The number of carbonyl (C=O) groups excluding carboxylic acids is 1. The quantitative estimate of drug-likeness (QED) is 0.631. The molecule has 1 amide bonds. The summed E-state index contributed by atoms with van der Waals surface area (Å²) in [7, 11) is 0. The van der Waals surface area contributed by atoms with Crippen LogP contribution >= 0.6 is 0 Å². The fourth-order valence-electron chi connectivity index (χ4n) is 2.06. The van der Waals surface area contributed by atoms with E-state index in [0.29, 0.717) is 13.2 Å². The zero-order chi connectivity index (χ0) is 13.5. The van der Waals surface area contributed by atoms with Crippen molar-refractivity contribution in [2.24, 2.45) is 0 Å². The van der Waals surface area contributed by atoms with E-state index >= 15 is 0 Å². The van der Waals surface area contributed by atoms with Crippen LogP contribution in [0, 0.1) is 0 Å². The Balaban J connectivity index is 1.86. The second-order valence-corrected chi connectivity index (χ2v) is 4.42. The predicted octanol–water partition coefficient (Wildman–Crippen LogP) is 2.22. The molecule has 0 saturated heterocycles. The minimum absolute atomic E-state index is 0.0143. The Morgan fingerprint density at radius 1 is 1.53 bits per heavy atom. The Morgan fingerprint density at radius 3 is 3.21 bits per heavy atom. The summed E-state index contributed by atoms with van der Waals surface area (Å²) >= 11 is 0. The molecule has 4 nitrogen and oxygen atoms in total. The molecule has 0 aliphatic carbocycles. The van der Waals surface area contributed by atoms with Gasteiger partial charge in [-0.3, -0.25) is 4.79 Å². The first-order valence-corrected chi connectivity index (χ1v) is 6.51. The maximum Gasteiger partial charge on any atom is 0.246 e. The van der Waals surface area contributed by atoms with E-state index in [4.69, 9.17) is 9.47 Å². The molecule has 1 aromatic carbocycles. The third-order valence-electron chi connectivity index (χ3n) is 2.99. The number of hydrogen-bond acceptors (Lipinski definition) is 3. The molecular weight excluding hydrogens is 242 g/mol. The standard InChI is InChI=1S/C15H19NO3/c1-2-3-9-18-11-15(17)16-13-8-10-19-14-7-5-4-6-12(13)14/h2,4-7,13H,1,3,8-11H2,(H,16,17)/t13-/m1/s1. The lowest BCUT2D eigenvalue weighted by molar-refractivity contribution is -0.126. The van der Waals surface area contributed by atoms with E-state index < -0.39 is 0 Å². The number of nitrogens with one attached hydrogen (secondary N) is 1. The van der Waals surface area contributed by atoms with E-state index in [0.717, 1.165) is 24.2 Å². The molecular formula is C15H19NO3. The minimum Gasteiger partial charge on any atom is -0.493 e. The van der Waals surface area contributed by atoms with E-state index in [1.807, 2.05) is 24.3 Å². The molecule has 1 aliphatic heterocycles. The molecule has 0 spiro atoms. The highest BCUT2D eigenvalue weighted by Gasteiger charge is 2.22. The lowest BCUT2D eigenvalue weighted by Gasteiger charge is -2.26. The van der Waals surface area contributed by atoms with Crippen molar-refractivity contribution in [3.8, 4) is 5.75 Å². The summed E-state index contributed by atoms with van der Waals surface area (Å²) in [5.74, 6) is 0.761. The molecule has 0 radical (unpaired) electrons. The first-order valence-electron chi connectivity index (χ1n) is 6.51. The van der Waals surface area contributed by atoms with E-state index in [-0.39, 0.29) is 18.6 Å². The van der Waals surface area contributed by atoms with E-state index in [1.54, 1.807) is 6.08 Å². The van der Waals surface area contributed by atoms with Crippen LogP contribution in [0.15, 0.2) is 36.9 Å². The van der Waals surface area contributed by atoms with Gasteiger partial charge in [0, 0.05) is 12.0 Å². The molecule has 0 bridgehead atoms. The van der Waals surface area contributed by atoms with Crippen LogP contribution in [0.3, 0.4) is 0 Å². The molecule has 1 atom stereocenters. The highest BCUT2D eigenvalue weighted by atomic mass is 16.5. The maximum atomic E-state index is 11.8. The number of benzene rings is 1. The number of carbonyl (C=O) groups is 1. The maximum absolute atomic E-state index is 11.8. The van der Waals surface area contributed by atoms with Crippen molar-refractivity contribution in [2.75, 3.05) is 19.8 Å². The third kappa shape index (κ3) is 3.83. The van der Waals surface area contributed by atoms with Gasteiger partial charge >= 0.3 is 0 Å². The Labute approximate surface area is 113 Å². The van der Waals surface area contributed by atoms with Gasteiger partial charge in [0.15, 0.2) is 0 Å². The molecule has 4 heteroatoms. The second kappa shape index (κ2) is 6.95. The molecule has 0 saturated carbocycles. The molecule has 0 aromatic heterocycles. The van der Waals surface area contributed by atoms with E-state index in [1.165, 1.54) is 0 Å². The summed E-state index contributed by atoms with van der Waals surface area (Å²) in [6, 6.07) is 7.81. The van der Waals surface area contributed by atoms with Crippen LogP contribution in [0.5, 0.6) is 5.75 Å². The number of ether oxygens (including phenoxy) is 2. The molecule has 19 heavy (non-hydrogen) atoms. The molecule has 1 heterocycles. The van der Waals surface area contributed by atoms with Crippen molar-refractivity contribution in [3.63, 3.8) is 0 Å². The molecule has 1 N–H and O–H groups in total. The van der Waals surface area contributed by atoms with Gasteiger partial charge in [-0.1, -0.05) is 24.3 Å². The van der Waals surface area contributed by atoms with E-state index in [2.05, 4.69) is 11.9 Å². The zero-order valence-corrected chi connectivity index (χ0v) is 10.9. The first kappa shape index (κ1) is 13.6. The molecule has 0 fully saturated rings. The fraction of sp³-hybridized carbons (Fsp3) is 0.400.